The molecule has 1 atom stereocenters. The summed E-state index contributed by atoms with van der Waals surface area (Å²) in [7, 11) is -4.22. The molecule has 3 rings (SSSR count). The lowest BCUT2D eigenvalue weighted by Gasteiger charge is -2.32. The fourth-order valence-corrected chi connectivity index (χ4v) is 5.61. The lowest BCUT2D eigenvalue weighted by atomic mass is 10.1. The van der Waals surface area contributed by atoms with Crippen molar-refractivity contribution in [3.63, 3.8) is 0 Å². The zero-order chi connectivity index (χ0) is 28.7. The molecule has 0 radical (unpaired) electrons. The summed E-state index contributed by atoms with van der Waals surface area (Å²) < 4.78 is 43.2. The Morgan fingerprint density at radius 3 is 2.23 bits per heavy atom. The van der Waals surface area contributed by atoms with Gasteiger partial charge in [-0.15, -0.1) is 0 Å². The van der Waals surface area contributed by atoms with Crippen LogP contribution in [0.4, 0.5) is 10.1 Å². The lowest BCUT2D eigenvalue weighted by Crippen LogP contribution is -2.51. The van der Waals surface area contributed by atoms with Gasteiger partial charge in [-0.1, -0.05) is 67.9 Å². The van der Waals surface area contributed by atoms with Crippen molar-refractivity contribution < 1.29 is 22.4 Å². The highest BCUT2D eigenvalue weighted by atomic mass is 35.5. The second kappa shape index (κ2) is 13.1. The Morgan fingerprint density at radius 1 is 0.949 bits per heavy atom. The third-order valence-electron chi connectivity index (χ3n) is 6.27. The van der Waals surface area contributed by atoms with Crippen molar-refractivity contribution in [2.24, 2.45) is 5.92 Å². The number of carbonyl (C=O) groups excluding carboxylic acids is 2. The topological polar surface area (TPSA) is 86.8 Å². The number of sulfonamides is 1. The van der Waals surface area contributed by atoms with E-state index in [9.17, 15) is 22.4 Å². The second-order valence-corrected chi connectivity index (χ2v) is 11.9. The predicted octanol–water partition coefficient (Wildman–Crippen LogP) is 5.17. The summed E-state index contributed by atoms with van der Waals surface area (Å²) >= 11 is 6.32. The average molecular weight is 574 g/mol. The molecule has 0 aliphatic heterocycles. The first-order valence-electron chi connectivity index (χ1n) is 12.6. The Balaban J connectivity index is 2.05. The third kappa shape index (κ3) is 7.36. The average Bonchev–Trinajstić information content (AvgIpc) is 2.91. The molecular weight excluding hydrogens is 541 g/mol. The second-order valence-electron chi connectivity index (χ2n) is 9.64. The van der Waals surface area contributed by atoms with Gasteiger partial charge in [0.2, 0.25) is 11.8 Å². The van der Waals surface area contributed by atoms with Crippen LogP contribution in [0, 0.1) is 18.7 Å². The van der Waals surface area contributed by atoms with Gasteiger partial charge in [-0.2, -0.15) is 0 Å². The Morgan fingerprint density at radius 2 is 1.59 bits per heavy atom. The van der Waals surface area contributed by atoms with Gasteiger partial charge in [0.15, 0.2) is 0 Å². The lowest BCUT2D eigenvalue weighted by molar-refractivity contribution is -0.139. The van der Waals surface area contributed by atoms with Gasteiger partial charge < -0.3 is 10.2 Å². The maximum absolute atomic E-state index is 14.6. The van der Waals surface area contributed by atoms with Crippen LogP contribution >= 0.6 is 11.6 Å². The summed E-state index contributed by atoms with van der Waals surface area (Å²) in [6.45, 7) is 6.61. The van der Waals surface area contributed by atoms with Crippen molar-refractivity contribution in [2.75, 3.05) is 17.4 Å². The van der Waals surface area contributed by atoms with Crippen LogP contribution in [0.2, 0.25) is 5.02 Å². The minimum absolute atomic E-state index is 0.0134. The van der Waals surface area contributed by atoms with Gasteiger partial charge in [-0.3, -0.25) is 13.9 Å². The van der Waals surface area contributed by atoms with Gasteiger partial charge in [0, 0.05) is 23.7 Å². The molecule has 39 heavy (non-hydrogen) atoms. The number of hydrogen-bond acceptors (Lipinski definition) is 4. The zero-order valence-electron chi connectivity index (χ0n) is 22.4. The Bertz CT molecular complexity index is 1420. The highest BCUT2D eigenvalue weighted by molar-refractivity contribution is 7.92. The van der Waals surface area contributed by atoms with E-state index in [0.717, 1.165) is 4.31 Å². The minimum atomic E-state index is -4.22. The van der Waals surface area contributed by atoms with Crippen molar-refractivity contribution in [3.05, 3.63) is 94.8 Å². The molecule has 0 unspecified atom stereocenters. The maximum Gasteiger partial charge on any atom is 0.264 e. The van der Waals surface area contributed by atoms with E-state index < -0.39 is 40.2 Å². The number of carbonyl (C=O) groups is 2. The number of nitrogens with zero attached hydrogens (tertiary/aromatic N) is 2. The van der Waals surface area contributed by atoms with E-state index in [0.29, 0.717) is 17.1 Å². The van der Waals surface area contributed by atoms with Crippen molar-refractivity contribution >= 4 is 39.1 Å². The van der Waals surface area contributed by atoms with Gasteiger partial charge in [0.05, 0.1) is 10.6 Å². The van der Waals surface area contributed by atoms with Crippen LogP contribution in [0.5, 0.6) is 0 Å². The Hall–Kier alpha value is -3.43. The van der Waals surface area contributed by atoms with E-state index in [4.69, 9.17) is 11.6 Å². The molecule has 3 aromatic carbocycles. The standard InChI is InChI=1S/C29H33ClFN3O4S/c1-20(2)17-32-29(36)22(4)33(18-23-11-8-9-15-26(23)31)28(35)19-34(27-16-10-14-25(30)21(27)3)39(37,38)24-12-6-5-7-13-24/h5-16,20,22H,17-19H2,1-4H3,(H,32,36)/t22-/m0/s1. The monoisotopic (exact) mass is 573 g/mol. The molecule has 0 aromatic heterocycles. The highest BCUT2D eigenvalue weighted by Gasteiger charge is 2.33. The number of halogens is 2. The van der Waals surface area contributed by atoms with Crippen LogP contribution in [-0.2, 0) is 26.2 Å². The molecule has 1 N–H and O–H groups in total. The maximum atomic E-state index is 14.6. The van der Waals surface area contributed by atoms with Crippen LogP contribution < -0.4 is 9.62 Å². The van der Waals surface area contributed by atoms with Crippen molar-refractivity contribution in [3.8, 4) is 0 Å². The summed E-state index contributed by atoms with van der Waals surface area (Å²) in [5, 5.41) is 3.13. The van der Waals surface area contributed by atoms with Gasteiger partial charge in [0.25, 0.3) is 10.0 Å². The fraction of sp³-hybridized carbons (Fsp3) is 0.310. The Labute approximate surface area is 234 Å². The molecule has 7 nitrogen and oxygen atoms in total. The molecule has 0 aliphatic carbocycles. The van der Waals surface area contributed by atoms with E-state index in [-0.39, 0.29) is 28.6 Å². The molecule has 2 amide bonds. The third-order valence-corrected chi connectivity index (χ3v) is 8.45. The molecule has 10 heteroatoms. The molecule has 3 aromatic rings. The van der Waals surface area contributed by atoms with Gasteiger partial charge in [-0.25, -0.2) is 12.8 Å². The molecule has 0 heterocycles. The summed E-state index contributed by atoms with van der Waals surface area (Å²) in [5.74, 6) is -1.46. The van der Waals surface area contributed by atoms with Crippen LogP contribution in [0.3, 0.4) is 0 Å². The molecule has 0 saturated carbocycles. The smallest absolute Gasteiger partial charge is 0.264 e. The van der Waals surface area contributed by atoms with Crippen LogP contribution in [0.1, 0.15) is 31.9 Å². The van der Waals surface area contributed by atoms with E-state index in [1.165, 1.54) is 42.2 Å². The van der Waals surface area contributed by atoms with Gasteiger partial charge in [-0.05, 0) is 55.7 Å². The first-order chi connectivity index (χ1) is 18.4. The largest absolute Gasteiger partial charge is 0.354 e. The first kappa shape index (κ1) is 30.1. The minimum Gasteiger partial charge on any atom is -0.354 e. The SMILES string of the molecule is Cc1c(Cl)cccc1N(CC(=O)N(Cc1ccccc1F)[C@@H](C)C(=O)NCC(C)C)S(=O)(=O)c1ccccc1. The molecule has 0 saturated heterocycles. The number of rotatable bonds is 11. The van der Waals surface area contributed by atoms with Crippen LogP contribution in [0.25, 0.3) is 0 Å². The quantitative estimate of drug-likeness (QED) is 0.343. The Kier molecular flexibility index (Phi) is 10.1. The molecule has 208 valence electrons. The summed E-state index contributed by atoms with van der Waals surface area (Å²) in [6, 6.07) is 17.5. The van der Waals surface area contributed by atoms with E-state index >= 15 is 0 Å². The van der Waals surface area contributed by atoms with Crippen molar-refractivity contribution in [1.29, 1.82) is 0 Å². The van der Waals surface area contributed by atoms with E-state index in [1.54, 1.807) is 49.4 Å². The van der Waals surface area contributed by atoms with Crippen molar-refractivity contribution in [1.82, 2.24) is 10.2 Å². The molecule has 0 spiro atoms. The van der Waals surface area contributed by atoms with Gasteiger partial charge in [0.1, 0.15) is 18.4 Å². The molecular formula is C29H33ClFN3O4S. The summed E-state index contributed by atoms with van der Waals surface area (Å²) in [6.07, 6.45) is 0. The summed E-state index contributed by atoms with van der Waals surface area (Å²) in [4.78, 5) is 28.1. The van der Waals surface area contributed by atoms with E-state index in [2.05, 4.69) is 5.32 Å². The van der Waals surface area contributed by atoms with Crippen molar-refractivity contribution in [2.45, 2.75) is 45.2 Å². The van der Waals surface area contributed by atoms with Crippen LogP contribution in [-0.4, -0.2) is 44.3 Å². The highest BCUT2D eigenvalue weighted by Crippen LogP contribution is 2.31. The van der Waals surface area contributed by atoms with E-state index in [1.807, 2.05) is 13.8 Å². The zero-order valence-corrected chi connectivity index (χ0v) is 24.0. The number of anilines is 1. The molecule has 0 bridgehead atoms. The first-order valence-corrected chi connectivity index (χ1v) is 14.4. The normalized spacial score (nSPS) is 12.2. The predicted molar refractivity (Wildman–Crippen MR) is 151 cm³/mol. The molecule has 0 fully saturated rings. The number of nitrogens with one attached hydrogen (secondary N) is 1. The fourth-order valence-electron chi connectivity index (χ4n) is 3.94. The summed E-state index contributed by atoms with van der Waals surface area (Å²) in [5.41, 5.74) is 0.892. The number of amides is 2. The van der Waals surface area contributed by atoms with Crippen LogP contribution in [0.15, 0.2) is 77.7 Å². The van der Waals surface area contributed by atoms with Gasteiger partial charge >= 0.3 is 0 Å². The molecule has 0 aliphatic rings. The number of benzene rings is 3. The number of hydrogen-bond donors (Lipinski definition) is 1.